The predicted octanol–water partition coefficient (Wildman–Crippen LogP) is 1.70. The normalized spacial score (nSPS) is 9.65. The van der Waals surface area contributed by atoms with Gasteiger partial charge in [0.05, 0.1) is 24.0 Å². The molecule has 0 saturated carbocycles. The van der Waals surface area contributed by atoms with Crippen molar-refractivity contribution in [1.29, 1.82) is 5.26 Å². The molecule has 0 bridgehead atoms. The zero-order chi connectivity index (χ0) is 12.3. The number of anilines is 3. The molecule has 2 aromatic rings. The number of nitriles is 1. The number of nitrogen functional groups attached to an aromatic ring is 1. The van der Waals surface area contributed by atoms with Crippen LogP contribution < -0.4 is 10.6 Å². The van der Waals surface area contributed by atoms with E-state index in [-0.39, 0.29) is 0 Å². The number of rotatable bonds is 2. The van der Waals surface area contributed by atoms with Crippen molar-refractivity contribution in [3.63, 3.8) is 0 Å². The van der Waals surface area contributed by atoms with Crippen LogP contribution in [0.15, 0.2) is 36.7 Å². The van der Waals surface area contributed by atoms with Crippen molar-refractivity contribution in [3.05, 3.63) is 42.2 Å². The standard InChI is InChI=1S/C12H11N5/c1-17(12-8-15-7-11(14)16-12)10-4-2-9(6-13)3-5-10/h2-5,7-8H,1H3,(H2,14,16). The Balaban J connectivity index is 2.30. The van der Waals surface area contributed by atoms with Crippen molar-refractivity contribution in [2.75, 3.05) is 17.7 Å². The molecule has 2 rings (SSSR count). The van der Waals surface area contributed by atoms with Crippen LogP contribution in [0.5, 0.6) is 0 Å². The number of nitrogens with two attached hydrogens (primary N) is 1. The highest BCUT2D eigenvalue weighted by Gasteiger charge is 2.05. The Morgan fingerprint density at radius 3 is 2.53 bits per heavy atom. The van der Waals surface area contributed by atoms with E-state index in [1.807, 2.05) is 24.1 Å². The topological polar surface area (TPSA) is 78.8 Å². The first-order chi connectivity index (χ1) is 8.20. The van der Waals surface area contributed by atoms with Crippen molar-refractivity contribution >= 4 is 17.3 Å². The van der Waals surface area contributed by atoms with Crippen molar-refractivity contribution in [2.45, 2.75) is 0 Å². The minimum Gasteiger partial charge on any atom is -0.382 e. The Morgan fingerprint density at radius 2 is 1.94 bits per heavy atom. The second-order valence-corrected chi connectivity index (χ2v) is 3.52. The Hall–Kier alpha value is -2.61. The van der Waals surface area contributed by atoms with E-state index < -0.39 is 0 Å². The van der Waals surface area contributed by atoms with Crippen molar-refractivity contribution in [1.82, 2.24) is 9.97 Å². The van der Waals surface area contributed by atoms with E-state index in [1.54, 1.807) is 18.3 Å². The van der Waals surface area contributed by atoms with Crippen LogP contribution in [0.2, 0.25) is 0 Å². The van der Waals surface area contributed by atoms with Crippen LogP contribution >= 0.6 is 0 Å². The van der Waals surface area contributed by atoms with Crippen LogP contribution in [0, 0.1) is 11.3 Å². The van der Waals surface area contributed by atoms with E-state index in [2.05, 4.69) is 16.0 Å². The monoisotopic (exact) mass is 225 g/mol. The van der Waals surface area contributed by atoms with E-state index in [4.69, 9.17) is 11.0 Å². The molecule has 5 heteroatoms. The van der Waals surface area contributed by atoms with Gasteiger partial charge in [0.2, 0.25) is 0 Å². The lowest BCUT2D eigenvalue weighted by atomic mass is 10.2. The average Bonchev–Trinajstić information content (AvgIpc) is 2.38. The fraction of sp³-hybridized carbons (Fsp3) is 0.0833. The van der Waals surface area contributed by atoms with Gasteiger partial charge < -0.3 is 10.6 Å². The zero-order valence-corrected chi connectivity index (χ0v) is 9.33. The molecule has 0 aliphatic carbocycles. The van der Waals surface area contributed by atoms with Crippen molar-refractivity contribution in [2.24, 2.45) is 0 Å². The molecule has 1 aromatic heterocycles. The van der Waals surface area contributed by atoms with Crippen LogP contribution in [0.3, 0.4) is 0 Å². The predicted molar refractivity (Wildman–Crippen MR) is 65.7 cm³/mol. The number of hydrogen-bond donors (Lipinski definition) is 1. The fourth-order valence-corrected chi connectivity index (χ4v) is 1.42. The summed E-state index contributed by atoms with van der Waals surface area (Å²) in [5.41, 5.74) is 7.12. The second-order valence-electron chi connectivity index (χ2n) is 3.52. The summed E-state index contributed by atoms with van der Waals surface area (Å²) in [6, 6.07) is 9.29. The molecular formula is C12H11N5. The molecule has 0 fully saturated rings. The van der Waals surface area contributed by atoms with Gasteiger partial charge in [0, 0.05) is 12.7 Å². The summed E-state index contributed by atoms with van der Waals surface area (Å²) < 4.78 is 0. The lowest BCUT2D eigenvalue weighted by Gasteiger charge is -2.17. The van der Waals surface area contributed by atoms with Gasteiger partial charge in [-0.3, -0.25) is 4.98 Å². The second kappa shape index (κ2) is 4.49. The Morgan fingerprint density at radius 1 is 1.24 bits per heavy atom. The third-order valence-electron chi connectivity index (χ3n) is 2.37. The maximum atomic E-state index is 8.72. The summed E-state index contributed by atoms with van der Waals surface area (Å²) in [6.45, 7) is 0. The number of hydrogen-bond acceptors (Lipinski definition) is 5. The van der Waals surface area contributed by atoms with Gasteiger partial charge in [-0.25, -0.2) is 4.98 Å². The maximum absolute atomic E-state index is 8.72. The van der Waals surface area contributed by atoms with Gasteiger partial charge in [0.25, 0.3) is 0 Å². The van der Waals surface area contributed by atoms with E-state index in [1.165, 1.54) is 6.20 Å². The van der Waals surface area contributed by atoms with Gasteiger partial charge in [-0.2, -0.15) is 5.26 Å². The van der Waals surface area contributed by atoms with E-state index in [9.17, 15) is 0 Å². The third-order valence-corrected chi connectivity index (χ3v) is 2.37. The molecule has 0 saturated heterocycles. The van der Waals surface area contributed by atoms with Crippen LogP contribution in [0.4, 0.5) is 17.3 Å². The molecule has 0 radical (unpaired) electrons. The molecule has 84 valence electrons. The summed E-state index contributed by atoms with van der Waals surface area (Å²) in [5, 5.41) is 8.72. The summed E-state index contributed by atoms with van der Waals surface area (Å²) >= 11 is 0. The van der Waals surface area contributed by atoms with E-state index in [0.717, 1.165) is 5.69 Å². The molecular weight excluding hydrogens is 214 g/mol. The lowest BCUT2D eigenvalue weighted by Crippen LogP contribution is -2.12. The van der Waals surface area contributed by atoms with Crippen LogP contribution in [0.1, 0.15) is 5.56 Å². The smallest absolute Gasteiger partial charge is 0.153 e. The highest BCUT2D eigenvalue weighted by Crippen LogP contribution is 2.21. The molecule has 0 unspecified atom stereocenters. The Labute approximate surface area is 99.1 Å². The van der Waals surface area contributed by atoms with Crippen LogP contribution in [-0.4, -0.2) is 17.0 Å². The summed E-state index contributed by atoms with van der Waals surface area (Å²) in [6.07, 6.45) is 3.13. The molecule has 0 atom stereocenters. The first-order valence-electron chi connectivity index (χ1n) is 5.02. The summed E-state index contributed by atoms with van der Waals surface area (Å²) in [4.78, 5) is 10.0. The first kappa shape index (κ1) is 10.9. The largest absolute Gasteiger partial charge is 0.382 e. The van der Waals surface area contributed by atoms with Gasteiger partial charge in [0.1, 0.15) is 5.82 Å². The molecule has 5 nitrogen and oxygen atoms in total. The fourth-order valence-electron chi connectivity index (χ4n) is 1.42. The minimum absolute atomic E-state index is 0.378. The molecule has 0 amide bonds. The van der Waals surface area contributed by atoms with E-state index >= 15 is 0 Å². The van der Waals surface area contributed by atoms with Crippen molar-refractivity contribution in [3.8, 4) is 6.07 Å². The van der Waals surface area contributed by atoms with E-state index in [0.29, 0.717) is 17.2 Å². The Bertz CT molecular complexity index is 556. The molecule has 0 aliphatic heterocycles. The zero-order valence-electron chi connectivity index (χ0n) is 9.33. The lowest BCUT2D eigenvalue weighted by molar-refractivity contribution is 1.09. The van der Waals surface area contributed by atoms with Gasteiger partial charge >= 0.3 is 0 Å². The van der Waals surface area contributed by atoms with Gasteiger partial charge in [-0.05, 0) is 24.3 Å². The highest BCUT2D eigenvalue weighted by atomic mass is 15.2. The molecule has 0 spiro atoms. The van der Waals surface area contributed by atoms with Gasteiger partial charge in [0.15, 0.2) is 5.82 Å². The van der Waals surface area contributed by atoms with Gasteiger partial charge in [-0.1, -0.05) is 0 Å². The molecule has 0 aliphatic rings. The number of benzene rings is 1. The molecule has 1 heterocycles. The SMILES string of the molecule is CN(c1ccc(C#N)cc1)c1cncc(N)n1. The third kappa shape index (κ3) is 2.32. The Kier molecular flexibility index (Phi) is 2.88. The average molecular weight is 225 g/mol. The molecule has 2 N–H and O–H groups in total. The van der Waals surface area contributed by atoms with Gasteiger partial charge in [-0.15, -0.1) is 0 Å². The minimum atomic E-state index is 0.378. The van der Waals surface area contributed by atoms with Crippen LogP contribution in [0.25, 0.3) is 0 Å². The highest BCUT2D eigenvalue weighted by molar-refractivity contribution is 5.60. The van der Waals surface area contributed by atoms with Crippen LogP contribution in [-0.2, 0) is 0 Å². The maximum Gasteiger partial charge on any atom is 0.153 e. The molecule has 17 heavy (non-hydrogen) atoms. The summed E-state index contributed by atoms with van der Waals surface area (Å²) in [5.74, 6) is 1.04. The number of nitrogens with zero attached hydrogens (tertiary/aromatic N) is 4. The van der Waals surface area contributed by atoms with Crippen molar-refractivity contribution < 1.29 is 0 Å². The number of aromatic nitrogens is 2. The first-order valence-corrected chi connectivity index (χ1v) is 5.02. The molecule has 1 aromatic carbocycles. The quantitative estimate of drug-likeness (QED) is 0.841. The summed E-state index contributed by atoms with van der Waals surface area (Å²) in [7, 11) is 1.87.